The smallest absolute Gasteiger partial charge is 0.0905 e. The Hall–Kier alpha value is -0.870. The van der Waals surface area contributed by atoms with Crippen LogP contribution >= 0.6 is 0 Å². The molecule has 2 rings (SSSR count). The zero-order valence-corrected chi connectivity index (χ0v) is 11.2. The van der Waals surface area contributed by atoms with Gasteiger partial charge in [0.05, 0.1) is 11.7 Å². The van der Waals surface area contributed by atoms with E-state index < -0.39 is 11.7 Å². The minimum atomic E-state index is -0.866. The quantitative estimate of drug-likeness (QED) is 0.803. The maximum Gasteiger partial charge on any atom is 0.0905 e. The van der Waals surface area contributed by atoms with E-state index in [0.717, 1.165) is 37.8 Å². The van der Waals surface area contributed by atoms with E-state index in [1.165, 1.54) is 12.8 Å². The van der Waals surface area contributed by atoms with E-state index in [2.05, 4.69) is 5.10 Å². The van der Waals surface area contributed by atoms with Gasteiger partial charge < -0.3 is 10.2 Å². The molecule has 0 bridgehead atoms. The highest BCUT2D eigenvalue weighted by atomic mass is 16.3. The van der Waals surface area contributed by atoms with Crippen LogP contribution in [0.2, 0.25) is 0 Å². The third-order valence-electron chi connectivity index (χ3n) is 4.19. The molecule has 1 fully saturated rings. The zero-order chi connectivity index (χ0) is 13.0. The number of hydrogen-bond donors (Lipinski definition) is 2. The maximum atomic E-state index is 10.5. The summed E-state index contributed by atoms with van der Waals surface area (Å²) in [5.74, 6) is 0. The van der Waals surface area contributed by atoms with Crippen LogP contribution in [0.1, 0.15) is 50.6 Å². The van der Waals surface area contributed by atoms with Crippen LogP contribution in [0.5, 0.6) is 0 Å². The average Bonchev–Trinajstić information content (AvgIpc) is 2.61. The van der Waals surface area contributed by atoms with Crippen LogP contribution in [-0.4, -0.2) is 31.7 Å². The first kappa shape index (κ1) is 13.6. The number of rotatable bonds is 4. The topological polar surface area (TPSA) is 58.3 Å². The molecule has 1 atom stereocenters. The molecule has 1 aliphatic carbocycles. The minimum Gasteiger partial charge on any atom is -0.390 e. The van der Waals surface area contributed by atoms with Crippen molar-refractivity contribution in [3.8, 4) is 0 Å². The molecule has 1 aliphatic rings. The van der Waals surface area contributed by atoms with Crippen molar-refractivity contribution >= 4 is 0 Å². The van der Waals surface area contributed by atoms with Gasteiger partial charge in [0.2, 0.25) is 0 Å². The van der Waals surface area contributed by atoms with E-state index in [1.807, 2.05) is 17.8 Å². The number of aliphatic hydroxyl groups excluding tert-OH is 1. The predicted molar refractivity (Wildman–Crippen MR) is 70.2 cm³/mol. The molecular weight excluding hydrogens is 228 g/mol. The van der Waals surface area contributed by atoms with Gasteiger partial charge >= 0.3 is 0 Å². The Kier molecular flexibility index (Phi) is 4.40. The van der Waals surface area contributed by atoms with Crippen molar-refractivity contribution in [1.29, 1.82) is 0 Å². The lowest BCUT2D eigenvalue weighted by Crippen LogP contribution is -2.42. The zero-order valence-electron chi connectivity index (χ0n) is 11.2. The van der Waals surface area contributed by atoms with Gasteiger partial charge in [0.15, 0.2) is 0 Å². The van der Waals surface area contributed by atoms with E-state index in [-0.39, 0.29) is 0 Å². The molecule has 0 saturated heterocycles. The van der Waals surface area contributed by atoms with Crippen molar-refractivity contribution < 1.29 is 10.2 Å². The Labute approximate surface area is 109 Å². The van der Waals surface area contributed by atoms with Gasteiger partial charge in [-0.3, -0.25) is 4.68 Å². The second kappa shape index (κ2) is 5.85. The summed E-state index contributed by atoms with van der Waals surface area (Å²) in [5.41, 5.74) is 0.237. The SMILES string of the molecule is Cn1nccc1CCC(O)C1(O)CCCCCC1. The molecule has 0 aliphatic heterocycles. The molecular formula is C14H24N2O2. The van der Waals surface area contributed by atoms with Crippen LogP contribution < -0.4 is 0 Å². The van der Waals surface area contributed by atoms with Gasteiger partial charge in [-0.1, -0.05) is 25.7 Å². The average molecular weight is 252 g/mol. The molecule has 0 aromatic carbocycles. The standard InChI is InChI=1S/C14H24N2O2/c1-16-12(8-11-15-16)6-7-13(17)14(18)9-4-2-3-5-10-14/h8,11,13,17-18H,2-7,9-10H2,1H3. The molecule has 1 aromatic heterocycles. The van der Waals surface area contributed by atoms with E-state index in [0.29, 0.717) is 6.42 Å². The lowest BCUT2D eigenvalue weighted by Gasteiger charge is -2.32. The van der Waals surface area contributed by atoms with E-state index in [1.54, 1.807) is 6.20 Å². The van der Waals surface area contributed by atoms with Crippen LogP contribution in [0.3, 0.4) is 0 Å². The Morgan fingerprint density at radius 2 is 2.00 bits per heavy atom. The van der Waals surface area contributed by atoms with Crippen molar-refractivity contribution in [3.63, 3.8) is 0 Å². The van der Waals surface area contributed by atoms with Crippen molar-refractivity contribution in [1.82, 2.24) is 9.78 Å². The highest BCUT2D eigenvalue weighted by Gasteiger charge is 2.35. The second-order valence-corrected chi connectivity index (χ2v) is 5.52. The van der Waals surface area contributed by atoms with Crippen LogP contribution in [0, 0.1) is 0 Å². The lowest BCUT2D eigenvalue weighted by atomic mass is 9.86. The van der Waals surface area contributed by atoms with Gasteiger partial charge in [0.25, 0.3) is 0 Å². The van der Waals surface area contributed by atoms with Crippen molar-refractivity contribution in [2.24, 2.45) is 7.05 Å². The molecule has 0 amide bonds. The monoisotopic (exact) mass is 252 g/mol. The predicted octanol–water partition coefficient (Wildman–Crippen LogP) is 1.80. The summed E-state index contributed by atoms with van der Waals surface area (Å²) in [4.78, 5) is 0. The van der Waals surface area contributed by atoms with Gasteiger partial charge in [0.1, 0.15) is 0 Å². The van der Waals surface area contributed by atoms with E-state index >= 15 is 0 Å². The Balaban J connectivity index is 1.90. The summed E-state index contributed by atoms with van der Waals surface area (Å²) in [5, 5.41) is 24.9. The van der Waals surface area contributed by atoms with Crippen molar-refractivity contribution in [2.45, 2.75) is 63.1 Å². The third-order valence-corrected chi connectivity index (χ3v) is 4.19. The highest BCUT2D eigenvalue weighted by molar-refractivity contribution is 5.01. The molecule has 0 radical (unpaired) electrons. The van der Waals surface area contributed by atoms with Gasteiger partial charge in [-0.25, -0.2) is 0 Å². The lowest BCUT2D eigenvalue weighted by molar-refractivity contribution is -0.0872. The van der Waals surface area contributed by atoms with Crippen LogP contribution in [-0.2, 0) is 13.5 Å². The third kappa shape index (κ3) is 3.12. The number of aromatic nitrogens is 2. The number of nitrogens with zero attached hydrogens (tertiary/aromatic N) is 2. The molecule has 0 spiro atoms. The fraction of sp³-hybridized carbons (Fsp3) is 0.786. The minimum absolute atomic E-state index is 0.607. The summed E-state index contributed by atoms with van der Waals surface area (Å²) in [6.45, 7) is 0. The molecule has 18 heavy (non-hydrogen) atoms. The first-order valence-electron chi connectivity index (χ1n) is 6.99. The molecule has 2 N–H and O–H groups in total. The van der Waals surface area contributed by atoms with Gasteiger partial charge in [-0.05, 0) is 31.7 Å². The number of aliphatic hydroxyl groups is 2. The fourth-order valence-corrected chi connectivity index (χ4v) is 2.87. The Morgan fingerprint density at radius 3 is 2.56 bits per heavy atom. The number of aryl methyl sites for hydroxylation is 2. The van der Waals surface area contributed by atoms with E-state index in [4.69, 9.17) is 0 Å². The second-order valence-electron chi connectivity index (χ2n) is 5.52. The molecule has 1 saturated carbocycles. The number of hydrogen-bond acceptors (Lipinski definition) is 3. The summed E-state index contributed by atoms with van der Waals surface area (Å²) in [6.07, 6.45) is 8.40. The van der Waals surface area contributed by atoms with E-state index in [9.17, 15) is 10.2 Å². The van der Waals surface area contributed by atoms with Crippen LogP contribution in [0.15, 0.2) is 12.3 Å². The first-order chi connectivity index (χ1) is 8.62. The van der Waals surface area contributed by atoms with Crippen molar-refractivity contribution in [3.05, 3.63) is 18.0 Å². The fourth-order valence-electron chi connectivity index (χ4n) is 2.87. The summed E-state index contributed by atoms with van der Waals surface area (Å²) < 4.78 is 1.82. The van der Waals surface area contributed by atoms with Gasteiger partial charge in [-0.15, -0.1) is 0 Å². The summed E-state index contributed by atoms with van der Waals surface area (Å²) >= 11 is 0. The maximum absolute atomic E-state index is 10.5. The molecule has 1 unspecified atom stereocenters. The molecule has 1 heterocycles. The van der Waals surface area contributed by atoms with Crippen LogP contribution in [0.25, 0.3) is 0 Å². The first-order valence-corrected chi connectivity index (χ1v) is 6.99. The molecule has 102 valence electrons. The summed E-state index contributed by atoms with van der Waals surface area (Å²) in [6, 6.07) is 1.96. The van der Waals surface area contributed by atoms with Crippen molar-refractivity contribution in [2.75, 3.05) is 0 Å². The molecule has 1 aromatic rings. The largest absolute Gasteiger partial charge is 0.390 e. The van der Waals surface area contributed by atoms with Gasteiger partial charge in [-0.2, -0.15) is 5.10 Å². The summed E-state index contributed by atoms with van der Waals surface area (Å²) in [7, 11) is 1.90. The Morgan fingerprint density at radius 1 is 1.33 bits per heavy atom. The normalized spacial score (nSPS) is 21.5. The van der Waals surface area contributed by atoms with Crippen LogP contribution in [0.4, 0.5) is 0 Å². The molecule has 4 nitrogen and oxygen atoms in total. The molecule has 4 heteroatoms. The van der Waals surface area contributed by atoms with Gasteiger partial charge in [0, 0.05) is 18.9 Å². The Bertz CT molecular complexity index is 368. The highest BCUT2D eigenvalue weighted by Crippen LogP contribution is 2.31.